The predicted octanol–water partition coefficient (Wildman–Crippen LogP) is 3.79. The van der Waals surface area contributed by atoms with Gasteiger partial charge in [0.15, 0.2) is 12.4 Å². The molecule has 0 aliphatic rings. The molecule has 0 aliphatic carbocycles. The maximum absolute atomic E-state index is 12.2. The van der Waals surface area contributed by atoms with Crippen molar-refractivity contribution in [2.45, 2.75) is 51.8 Å². The fourth-order valence-electron chi connectivity index (χ4n) is 3.08. The van der Waals surface area contributed by atoms with Gasteiger partial charge in [-0.2, -0.15) is 0 Å². The minimum atomic E-state index is -1.03. The molecule has 2 rings (SSSR count). The highest BCUT2D eigenvalue weighted by Crippen LogP contribution is 2.23. The number of aliphatic carboxylic acids is 1. The number of carbonyl (C=O) groups excluding carboxylic acids is 1. The molecule has 0 radical (unpaired) electrons. The third-order valence-corrected chi connectivity index (χ3v) is 4.66. The number of carbonyl (C=O) groups is 2. The molecule has 0 aliphatic heterocycles. The summed E-state index contributed by atoms with van der Waals surface area (Å²) in [6.07, 6.45) is 2.25. The minimum Gasteiger partial charge on any atom is -0.482 e. The van der Waals surface area contributed by atoms with Crippen molar-refractivity contribution in [3.8, 4) is 5.75 Å². The second-order valence-corrected chi connectivity index (χ2v) is 7.08. The summed E-state index contributed by atoms with van der Waals surface area (Å²) in [6, 6.07) is 14.1. The fraction of sp³-hybridized carbons (Fsp3) is 0.391. The Kier molecular flexibility index (Phi) is 8.83. The first-order chi connectivity index (χ1) is 13.9. The number of ketones is 1. The summed E-state index contributed by atoms with van der Waals surface area (Å²) in [4.78, 5) is 22.8. The van der Waals surface area contributed by atoms with Crippen LogP contribution in [0.25, 0.3) is 0 Å². The monoisotopic (exact) mass is 399 g/mol. The second kappa shape index (κ2) is 11.3. The van der Waals surface area contributed by atoms with Crippen molar-refractivity contribution in [2.24, 2.45) is 0 Å². The van der Waals surface area contributed by atoms with E-state index in [0.717, 1.165) is 36.0 Å². The number of hydrogen-bond donors (Lipinski definition) is 3. The summed E-state index contributed by atoms with van der Waals surface area (Å²) >= 11 is 0. The van der Waals surface area contributed by atoms with Gasteiger partial charge in [-0.15, -0.1) is 0 Å². The molecule has 2 aromatic rings. The Labute approximate surface area is 171 Å². The van der Waals surface area contributed by atoms with Crippen LogP contribution in [-0.2, 0) is 16.1 Å². The molecule has 6 heteroatoms. The van der Waals surface area contributed by atoms with E-state index in [4.69, 9.17) is 9.84 Å². The fourth-order valence-corrected chi connectivity index (χ4v) is 3.08. The van der Waals surface area contributed by atoms with Crippen molar-refractivity contribution in [3.63, 3.8) is 0 Å². The Balaban J connectivity index is 2.02. The molecule has 0 saturated carbocycles. The number of rotatable bonds is 12. The van der Waals surface area contributed by atoms with E-state index < -0.39 is 24.7 Å². The number of carboxylic acids is 1. The lowest BCUT2D eigenvalue weighted by Crippen LogP contribution is -2.26. The van der Waals surface area contributed by atoms with E-state index in [1.807, 2.05) is 30.3 Å². The van der Waals surface area contributed by atoms with Crippen LogP contribution < -0.4 is 10.1 Å². The van der Waals surface area contributed by atoms with Crippen LogP contribution in [0, 0.1) is 0 Å². The first-order valence-corrected chi connectivity index (χ1v) is 9.86. The Hall–Kier alpha value is -2.70. The Morgan fingerprint density at radius 1 is 1.10 bits per heavy atom. The summed E-state index contributed by atoms with van der Waals surface area (Å²) < 4.78 is 5.19. The molecule has 2 aromatic carbocycles. The highest BCUT2D eigenvalue weighted by Gasteiger charge is 2.17. The molecule has 6 nitrogen and oxygen atoms in total. The van der Waals surface area contributed by atoms with Crippen molar-refractivity contribution in [2.75, 3.05) is 6.61 Å². The van der Waals surface area contributed by atoms with E-state index >= 15 is 0 Å². The van der Waals surface area contributed by atoms with E-state index in [2.05, 4.69) is 12.2 Å². The quantitative estimate of drug-likeness (QED) is 0.502. The van der Waals surface area contributed by atoms with E-state index in [1.165, 1.54) is 6.92 Å². The molecule has 0 bridgehead atoms. The predicted molar refractivity (Wildman–Crippen MR) is 111 cm³/mol. The van der Waals surface area contributed by atoms with Crippen LogP contribution in [0.1, 0.15) is 61.9 Å². The molecule has 0 heterocycles. The lowest BCUT2D eigenvalue weighted by Gasteiger charge is -2.18. The van der Waals surface area contributed by atoms with Gasteiger partial charge < -0.3 is 14.9 Å². The van der Waals surface area contributed by atoms with Crippen molar-refractivity contribution in [3.05, 3.63) is 65.2 Å². The molecule has 0 saturated heterocycles. The summed E-state index contributed by atoms with van der Waals surface area (Å²) in [7, 11) is 0. The SMILES string of the molecule is CCCCC(O)c1ccc(C(NCc2cccc(OCC(=O)O)c2)C(C)=O)cc1. The third kappa shape index (κ3) is 7.33. The second-order valence-electron chi connectivity index (χ2n) is 7.08. The maximum Gasteiger partial charge on any atom is 0.341 e. The molecule has 0 spiro atoms. The molecule has 2 atom stereocenters. The molecule has 0 amide bonds. The lowest BCUT2D eigenvalue weighted by molar-refractivity contribution is -0.139. The normalized spacial score (nSPS) is 12.9. The number of aliphatic hydroxyl groups excluding tert-OH is 1. The zero-order chi connectivity index (χ0) is 21.2. The molecule has 2 unspecified atom stereocenters. The van der Waals surface area contributed by atoms with Gasteiger partial charge in [0, 0.05) is 6.54 Å². The largest absolute Gasteiger partial charge is 0.482 e. The smallest absolute Gasteiger partial charge is 0.341 e. The summed E-state index contributed by atoms with van der Waals surface area (Å²) in [6.45, 7) is 3.65. The van der Waals surface area contributed by atoms with Crippen LogP contribution >= 0.6 is 0 Å². The van der Waals surface area contributed by atoms with Gasteiger partial charge in [0.1, 0.15) is 5.75 Å². The lowest BCUT2D eigenvalue weighted by atomic mass is 9.98. The molecule has 0 fully saturated rings. The number of ether oxygens (including phenoxy) is 1. The van der Waals surface area contributed by atoms with Gasteiger partial charge in [0.25, 0.3) is 0 Å². The van der Waals surface area contributed by atoms with Gasteiger partial charge in [-0.05, 0) is 42.2 Å². The Morgan fingerprint density at radius 2 is 1.79 bits per heavy atom. The average molecular weight is 399 g/mol. The van der Waals surface area contributed by atoms with Crippen LogP contribution in [-0.4, -0.2) is 28.6 Å². The van der Waals surface area contributed by atoms with Crippen LogP contribution in [0.4, 0.5) is 0 Å². The highest BCUT2D eigenvalue weighted by atomic mass is 16.5. The van der Waals surface area contributed by atoms with Crippen molar-refractivity contribution in [1.82, 2.24) is 5.32 Å². The number of Topliss-reactive ketones (excluding diaryl/α,β-unsaturated/α-hetero) is 1. The van der Waals surface area contributed by atoms with Gasteiger partial charge in [-0.25, -0.2) is 4.79 Å². The molecular weight excluding hydrogens is 370 g/mol. The molecule has 3 N–H and O–H groups in total. The number of benzene rings is 2. The van der Waals surface area contributed by atoms with Gasteiger partial charge >= 0.3 is 5.97 Å². The van der Waals surface area contributed by atoms with Crippen LogP contribution in [0.3, 0.4) is 0 Å². The number of carboxylic acid groups (broad SMARTS) is 1. The average Bonchev–Trinajstić information content (AvgIpc) is 2.71. The van der Waals surface area contributed by atoms with E-state index in [0.29, 0.717) is 12.3 Å². The highest BCUT2D eigenvalue weighted by molar-refractivity contribution is 5.82. The molecule has 156 valence electrons. The van der Waals surface area contributed by atoms with E-state index in [1.54, 1.807) is 18.2 Å². The van der Waals surface area contributed by atoms with Crippen LogP contribution in [0.2, 0.25) is 0 Å². The third-order valence-electron chi connectivity index (χ3n) is 4.66. The van der Waals surface area contributed by atoms with Gasteiger partial charge in [-0.1, -0.05) is 56.2 Å². The number of hydrogen-bond acceptors (Lipinski definition) is 5. The van der Waals surface area contributed by atoms with Crippen LogP contribution in [0.15, 0.2) is 48.5 Å². The van der Waals surface area contributed by atoms with Crippen LogP contribution in [0.5, 0.6) is 5.75 Å². The topological polar surface area (TPSA) is 95.9 Å². The van der Waals surface area contributed by atoms with Crippen molar-refractivity contribution >= 4 is 11.8 Å². The van der Waals surface area contributed by atoms with Gasteiger partial charge in [0.05, 0.1) is 12.1 Å². The molecular formula is C23H29NO5. The van der Waals surface area contributed by atoms with Gasteiger partial charge in [0.2, 0.25) is 0 Å². The zero-order valence-corrected chi connectivity index (χ0v) is 16.9. The Bertz CT molecular complexity index is 803. The number of aliphatic hydroxyl groups is 1. The van der Waals surface area contributed by atoms with Crippen molar-refractivity contribution < 1.29 is 24.5 Å². The summed E-state index contributed by atoms with van der Waals surface area (Å²) in [5, 5.41) is 22.2. The first kappa shape index (κ1) is 22.6. The van der Waals surface area contributed by atoms with Crippen molar-refractivity contribution in [1.29, 1.82) is 0 Å². The standard InChI is InChI=1S/C23H29NO5/c1-3-4-8-21(26)18-9-11-19(12-10-18)23(16(2)25)24-14-17-6-5-7-20(13-17)29-15-22(27)28/h5-7,9-13,21,23-24,26H,3-4,8,14-15H2,1-2H3,(H,27,28). The first-order valence-electron chi connectivity index (χ1n) is 9.86. The minimum absolute atomic E-state index is 0.0115. The Morgan fingerprint density at radius 3 is 2.41 bits per heavy atom. The molecule has 29 heavy (non-hydrogen) atoms. The van der Waals surface area contributed by atoms with E-state index in [-0.39, 0.29) is 5.78 Å². The number of unbranched alkanes of at least 4 members (excludes halogenated alkanes) is 1. The van der Waals surface area contributed by atoms with Gasteiger partial charge in [-0.3, -0.25) is 10.1 Å². The molecule has 0 aromatic heterocycles. The number of nitrogens with one attached hydrogen (secondary N) is 1. The summed E-state index contributed by atoms with van der Waals surface area (Å²) in [5.41, 5.74) is 2.57. The summed E-state index contributed by atoms with van der Waals surface area (Å²) in [5.74, 6) is -0.576. The van der Waals surface area contributed by atoms with E-state index in [9.17, 15) is 14.7 Å². The zero-order valence-electron chi connectivity index (χ0n) is 16.9. The maximum atomic E-state index is 12.2.